The van der Waals surface area contributed by atoms with Crippen molar-refractivity contribution in [3.05, 3.63) is 42.5 Å². The van der Waals surface area contributed by atoms with Crippen molar-refractivity contribution in [1.82, 2.24) is 5.32 Å². The largest absolute Gasteiger partial charge is 0.480 e. The van der Waals surface area contributed by atoms with Crippen molar-refractivity contribution in [2.45, 2.75) is 32.2 Å². The second-order valence-corrected chi connectivity index (χ2v) is 4.42. The predicted octanol–water partition coefficient (Wildman–Crippen LogP) is 2.79. The molecule has 0 aliphatic carbocycles. The van der Waals surface area contributed by atoms with Gasteiger partial charge >= 0.3 is 12.0 Å². The summed E-state index contributed by atoms with van der Waals surface area (Å²) in [7, 11) is 0. The van der Waals surface area contributed by atoms with E-state index >= 15 is 0 Å². The van der Waals surface area contributed by atoms with Crippen molar-refractivity contribution in [2.24, 2.45) is 0 Å². The van der Waals surface area contributed by atoms with E-state index in [2.05, 4.69) is 24.1 Å². The van der Waals surface area contributed by atoms with Crippen LogP contribution in [0.2, 0.25) is 0 Å². The lowest BCUT2D eigenvalue weighted by molar-refractivity contribution is -0.139. The molecule has 1 aromatic rings. The minimum absolute atomic E-state index is 0.180. The van der Waals surface area contributed by atoms with E-state index in [9.17, 15) is 9.59 Å². The molecule has 5 nitrogen and oxygen atoms in total. The number of carboxylic acids is 1. The number of aryl methyl sites for hydroxylation is 1. The number of carbonyl (C=O) groups is 2. The molecule has 0 spiro atoms. The van der Waals surface area contributed by atoms with E-state index in [0.717, 1.165) is 18.4 Å². The van der Waals surface area contributed by atoms with Gasteiger partial charge < -0.3 is 15.7 Å². The van der Waals surface area contributed by atoms with E-state index in [0.29, 0.717) is 5.69 Å². The Hall–Kier alpha value is -2.30. The maximum atomic E-state index is 11.8. The molecule has 2 amide bonds. The first-order chi connectivity index (χ1) is 9.58. The molecule has 0 aliphatic rings. The topological polar surface area (TPSA) is 78.4 Å². The van der Waals surface area contributed by atoms with Crippen LogP contribution >= 0.6 is 0 Å². The highest BCUT2D eigenvalue weighted by atomic mass is 16.4. The number of carbonyl (C=O) groups excluding carboxylic acids is 1. The van der Waals surface area contributed by atoms with Crippen LogP contribution in [0.1, 0.15) is 25.3 Å². The van der Waals surface area contributed by atoms with Gasteiger partial charge in [-0.25, -0.2) is 9.59 Å². The number of aliphatic carboxylic acids is 1. The fourth-order valence-corrected chi connectivity index (χ4v) is 1.83. The molecule has 0 aliphatic heterocycles. The summed E-state index contributed by atoms with van der Waals surface area (Å²) in [5, 5.41) is 14.1. The van der Waals surface area contributed by atoms with Gasteiger partial charge in [0, 0.05) is 5.69 Å². The van der Waals surface area contributed by atoms with Crippen molar-refractivity contribution in [1.29, 1.82) is 0 Å². The SMILES string of the molecule is C=CCC(NC(=O)Nc1ccccc1CCC)C(=O)O. The van der Waals surface area contributed by atoms with Gasteiger partial charge in [-0.1, -0.05) is 37.6 Å². The number of para-hydroxylation sites is 1. The molecule has 0 heterocycles. The van der Waals surface area contributed by atoms with E-state index in [4.69, 9.17) is 5.11 Å². The Balaban J connectivity index is 2.70. The lowest BCUT2D eigenvalue weighted by Crippen LogP contribution is -2.42. The number of rotatable bonds is 7. The Kier molecular flexibility index (Phi) is 6.29. The van der Waals surface area contributed by atoms with E-state index in [1.165, 1.54) is 6.08 Å². The third kappa shape index (κ3) is 4.76. The van der Waals surface area contributed by atoms with Gasteiger partial charge in [0.1, 0.15) is 6.04 Å². The molecule has 20 heavy (non-hydrogen) atoms. The van der Waals surface area contributed by atoms with Crippen LogP contribution in [0.15, 0.2) is 36.9 Å². The molecule has 0 saturated carbocycles. The van der Waals surface area contributed by atoms with Crippen molar-refractivity contribution >= 4 is 17.7 Å². The summed E-state index contributed by atoms with van der Waals surface area (Å²) >= 11 is 0. The first-order valence-corrected chi connectivity index (χ1v) is 6.57. The highest BCUT2D eigenvalue weighted by Crippen LogP contribution is 2.16. The van der Waals surface area contributed by atoms with Gasteiger partial charge in [0.25, 0.3) is 0 Å². The second kappa shape index (κ2) is 7.99. The Labute approximate surface area is 118 Å². The monoisotopic (exact) mass is 276 g/mol. The van der Waals surface area contributed by atoms with E-state index < -0.39 is 18.0 Å². The molecule has 0 bridgehead atoms. The summed E-state index contributed by atoms with van der Waals surface area (Å²) < 4.78 is 0. The van der Waals surface area contributed by atoms with E-state index in [-0.39, 0.29) is 6.42 Å². The fraction of sp³-hybridized carbons (Fsp3) is 0.333. The van der Waals surface area contributed by atoms with E-state index in [1.54, 1.807) is 6.07 Å². The molecular weight excluding hydrogens is 256 g/mol. The Bertz CT molecular complexity index is 486. The molecule has 1 rings (SSSR count). The molecule has 0 saturated heterocycles. The van der Waals surface area contributed by atoms with Gasteiger partial charge in [0.05, 0.1) is 0 Å². The zero-order valence-electron chi connectivity index (χ0n) is 11.6. The van der Waals surface area contributed by atoms with Gasteiger partial charge in [0.15, 0.2) is 0 Å². The number of nitrogens with one attached hydrogen (secondary N) is 2. The standard InChI is InChI=1S/C15H20N2O3/c1-3-7-11-9-5-6-10-12(11)16-15(20)17-13(8-4-2)14(18)19/h4-6,9-10,13H,2-3,7-8H2,1H3,(H,18,19)(H2,16,17,20). The van der Waals surface area contributed by atoms with Crippen LogP contribution in [-0.2, 0) is 11.2 Å². The average molecular weight is 276 g/mol. The second-order valence-electron chi connectivity index (χ2n) is 4.42. The van der Waals surface area contributed by atoms with Crippen LogP contribution in [0.3, 0.4) is 0 Å². The Morgan fingerprint density at radius 3 is 2.70 bits per heavy atom. The summed E-state index contributed by atoms with van der Waals surface area (Å²) in [6.45, 7) is 5.53. The number of urea groups is 1. The molecule has 0 aromatic heterocycles. The van der Waals surface area contributed by atoms with Crippen molar-refractivity contribution in [3.8, 4) is 0 Å². The maximum Gasteiger partial charge on any atom is 0.326 e. The van der Waals surface area contributed by atoms with Gasteiger partial charge in [-0.05, 0) is 24.5 Å². The number of hydrogen-bond acceptors (Lipinski definition) is 2. The van der Waals surface area contributed by atoms with Gasteiger partial charge in [0.2, 0.25) is 0 Å². The molecule has 0 radical (unpaired) electrons. The van der Waals surface area contributed by atoms with Gasteiger partial charge in [-0.2, -0.15) is 0 Å². The number of hydrogen-bond donors (Lipinski definition) is 3. The zero-order chi connectivity index (χ0) is 15.0. The van der Waals surface area contributed by atoms with Crippen LogP contribution in [0.5, 0.6) is 0 Å². The van der Waals surface area contributed by atoms with Crippen LogP contribution in [-0.4, -0.2) is 23.1 Å². The Morgan fingerprint density at radius 1 is 1.40 bits per heavy atom. The van der Waals surface area contributed by atoms with Crippen molar-refractivity contribution < 1.29 is 14.7 Å². The molecule has 5 heteroatoms. The molecular formula is C15H20N2O3. The van der Waals surface area contributed by atoms with Crippen LogP contribution < -0.4 is 10.6 Å². The predicted molar refractivity (Wildman–Crippen MR) is 78.8 cm³/mol. The maximum absolute atomic E-state index is 11.8. The molecule has 1 aromatic carbocycles. The number of carboxylic acid groups (broad SMARTS) is 1. The minimum Gasteiger partial charge on any atom is -0.480 e. The lowest BCUT2D eigenvalue weighted by atomic mass is 10.1. The van der Waals surface area contributed by atoms with Crippen molar-refractivity contribution in [3.63, 3.8) is 0 Å². The summed E-state index contributed by atoms with van der Waals surface area (Å²) in [5.74, 6) is -1.08. The smallest absolute Gasteiger partial charge is 0.326 e. The average Bonchev–Trinajstić information content (AvgIpc) is 2.40. The fourth-order valence-electron chi connectivity index (χ4n) is 1.83. The van der Waals surface area contributed by atoms with E-state index in [1.807, 2.05) is 18.2 Å². The van der Waals surface area contributed by atoms with Gasteiger partial charge in [-0.15, -0.1) is 6.58 Å². The van der Waals surface area contributed by atoms with Crippen LogP contribution in [0, 0.1) is 0 Å². The zero-order valence-corrected chi connectivity index (χ0v) is 11.6. The number of benzene rings is 1. The summed E-state index contributed by atoms with van der Waals surface area (Å²) in [4.78, 5) is 22.8. The number of anilines is 1. The summed E-state index contributed by atoms with van der Waals surface area (Å²) in [5.41, 5.74) is 1.73. The summed E-state index contributed by atoms with van der Waals surface area (Å²) in [6, 6.07) is 5.98. The number of amides is 2. The molecule has 0 fully saturated rings. The lowest BCUT2D eigenvalue weighted by Gasteiger charge is -2.15. The van der Waals surface area contributed by atoms with Crippen LogP contribution in [0.4, 0.5) is 10.5 Å². The van der Waals surface area contributed by atoms with Crippen LogP contribution in [0.25, 0.3) is 0 Å². The molecule has 108 valence electrons. The Morgan fingerprint density at radius 2 is 2.10 bits per heavy atom. The normalized spacial score (nSPS) is 11.4. The third-order valence-electron chi connectivity index (χ3n) is 2.79. The molecule has 1 unspecified atom stereocenters. The minimum atomic E-state index is -1.08. The third-order valence-corrected chi connectivity index (χ3v) is 2.79. The first-order valence-electron chi connectivity index (χ1n) is 6.57. The molecule has 3 N–H and O–H groups in total. The quantitative estimate of drug-likeness (QED) is 0.670. The highest BCUT2D eigenvalue weighted by molar-refractivity contribution is 5.92. The summed E-state index contributed by atoms with van der Waals surface area (Å²) in [6.07, 6.45) is 3.46. The first kappa shape index (κ1) is 15.8. The molecule has 1 atom stereocenters. The van der Waals surface area contributed by atoms with Gasteiger partial charge in [-0.3, -0.25) is 0 Å². The highest BCUT2D eigenvalue weighted by Gasteiger charge is 2.18. The van der Waals surface area contributed by atoms with Crippen molar-refractivity contribution in [2.75, 3.05) is 5.32 Å².